The molecule has 1 N–H and O–H groups in total. The number of carbonyl (C=O) groups is 1. The number of rotatable bonds is 7. The Labute approximate surface area is 180 Å². The molecule has 0 bridgehead atoms. The van der Waals surface area contributed by atoms with Gasteiger partial charge in [-0.2, -0.15) is 0 Å². The van der Waals surface area contributed by atoms with E-state index in [1.54, 1.807) is 0 Å². The van der Waals surface area contributed by atoms with Crippen LogP contribution in [0, 0.1) is 12.8 Å². The molecular formula is C23H27FN4OS. The van der Waals surface area contributed by atoms with Gasteiger partial charge in [-0.15, -0.1) is 10.2 Å². The maximum atomic E-state index is 14.9. The lowest BCUT2D eigenvalue weighted by Gasteiger charge is -2.19. The highest BCUT2D eigenvalue weighted by molar-refractivity contribution is 7.14. The van der Waals surface area contributed by atoms with Gasteiger partial charge in [0.25, 0.3) is 0 Å². The van der Waals surface area contributed by atoms with Crippen molar-refractivity contribution in [3.63, 3.8) is 0 Å². The van der Waals surface area contributed by atoms with Crippen LogP contribution in [0.3, 0.4) is 0 Å². The van der Waals surface area contributed by atoms with Gasteiger partial charge in [0.1, 0.15) is 10.7 Å². The van der Waals surface area contributed by atoms with Crippen LogP contribution in [0.15, 0.2) is 36.9 Å². The van der Waals surface area contributed by atoms with E-state index in [0.717, 1.165) is 57.9 Å². The fourth-order valence-corrected chi connectivity index (χ4v) is 4.88. The van der Waals surface area contributed by atoms with E-state index < -0.39 is 5.67 Å². The summed E-state index contributed by atoms with van der Waals surface area (Å²) in [6.07, 6.45) is 5.53. The topological polar surface area (TPSA) is 59.8 Å². The van der Waals surface area contributed by atoms with Gasteiger partial charge in [-0.25, -0.2) is 4.39 Å². The molecule has 1 saturated carbocycles. The van der Waals surface area contributed by atoms with Crippen molar-refractivity contribution in [2.45, 2.75) is 58.3 Å². The quantitative estimate of drug-likeness (QED) is 0.529. The number of carbonyl (C=O) groups excluding carboxylic acids is 1. The first-order valence-electron chi connectivity index (χ1n) is 10.4. The van der Waals surface area contributed by atoms with Gasteiger partial charge < -0.3 is 9.88 Å². The zero-order chi connectivity index (χ0) is 21.3. The molecule has 1 atom stereocenters. The smallest absolute Gasteiger partial charge is 0.223 e. The summed E-state index contributed by atoms with van der Waals surface area (Å²) in [5.41, 5.74) is 1.37. The van der Waals surface area contributed by atoms with Crippen LogP contribution >= 0.6 is 11.3 Å². The highest BCUT2D eigenvalue weighted by Gasteiger charge is 2.25. The molecular weight excluding hydrogens is 399 g/mol. The number of allylic oxidation sites excluding steroid dienone is 1. The normalized spacial score (nSPS) is 16.6. The summed E-state index contributed by atoms with van der Waals surface area (Å²) in [5.74, 6) is 0.234. The van der Waals surface area contributed by atoms with E-state index in [-0.39, 0.29) is 18.4 Å². The summed E-state index contributed by atoms with van der Waals surface area (Å²) >= 11 is 1.43. The van der Waals surface area contributed by atoms with Crippen LogP contribution in [0.1, 0.15) is 43.2 Å². The third kappa shape index (κ3) is 4.17. The van der Waals surface area contributed by atoms with E-state index in [0.29, 0.717) is 6.54 Å². The van der Waals surface area contributed by atoms with Gasteiger partial charge in [0.05, 0.1) is 18.8 Å². The Balaban J connectivity index is 1.62. The van der Waals surface area contributed by atoms with Gasteiger partial charge in [0.2, 0.25) is 5.91 Å². The van der Waals surface area contributed by atoms with Gasteiger partial charge in [-0.05, 0) is 44.4 Å². The SMILES string of the molecule is C=C[C@](C)(F)Cn1c(-c2nnc(CNC(=O)C3CCCC3)s2)cc2c(C)cccc21. The van der Waals surface area contributed by atoms with Crippen LogP contribution in [-0.2, 0) is 17.9 Å². The lowest BCUT2D eigenvalue weighted by molar-refractivity contribution is -0.124. The maximum absolute atomic E-state index is 14.9. The Kier molecular flexibility index (Phi) is 5.73. The average molecular weight is 427 g/mol. The molecule has 1 aliphatic carbocycles. The van der Waals surface area contributed by atoms with E-state index in [9.17, 15) is 9.18 Å². The molecule has 2 aromatic heterocycles. The van der Waals surface area contributed by atoms with E-state index in [1.165, 1.54) is 24.3 Å². The molecule has 0 saturated heterocycles. The molecule has 4 rings (SSSR count). The number of benzene rings is 1. The Morgan fingerprint density at radius 3 is 2.90 bits per heavy atom. The molecule has 30 heavy (non-hydrogen) atoms. The second-order valence-electron chi connectivity index (χ2n) is 8.31. The second kappa shape index (κ2) is 8.30. The molecule has 7 heteroatoms. The fourth-order valence-electron chi connectivity index (χ4n) is 4.08. The summed E-state index contributed by atoms with van der Waals surface area (Å²) < 4.78 is 16.8. The molecule has 0 spiro atoms. The number of nitrogens with zero attached hydrogens (tertiary/aromatic N) is 3. The van der Waals surface area contributed by atoms with Crippen LogP contribution in [0.25, 0.3) is 21.6 Å². The van der Waals surface area contributed by atoms with Crippen LogP contribution in [0.2, 0.25) is 0 Å². The monoisotopic (exact) mass is 426 g/mol. The van der Waals surface area contributed by atoms with Crippen molar-refractivity contribution in [1.82, 2.24) is 20.1 Å². The summed E-state index contributed by atoms with van der Waals surface area (Å²) in [6, 6.07) is 8.06. The van der Waals surface area contributed by atoms with E-state index in [4.69, 9.17) is 0 Å². The summed E-state index contributed by atoms with van der Waals surface area (Å²) in [4.78, 5) is 12.3. The van der Waals surface area contributed by atoms with E-state index in [1.807, 2.05) is 35.8 Å². The number of halogens is 1. The zero-order valence-electron chi connectivity index (χ0n) is 17.4. The van der Waals surface area contributed by atoms with Gasteiger partial charge in [-0.1, -0.05) is 49.0 Å². The first kappa shape index (κ1) is 20.7. The van der Waals surface area contributed by atoms with Crippen LogP contribution in [0.5, 0.6) is 0 Å². The minimum absolute atomic E-state index is 0.105. The van der Waals surface area contributed by atoms with Crippen molar-refractivity contribution < 1.29 is 9.18 Å². The van der Waals surface area contributed by atoms with Gasteiger partial charge in [0, 0.05) is 16.8 Å². The Bertz CT molecular complexity index is 1080. The van der Waals surface area contributed by atoms with Gasteiger partial charge in [0.15, 0.2) is 5.01 Å². The van der Waals surface area contributed by atoms with Gasteiger partial charge in [-0.3, -0.25) is 4.79 Å². The number of aromatic nitrogens is 3. The van der Waals surface area contributed by atoms with E-state index >= 15 is 0 Å². The third-order valence-corrected chi connectivity index (χ3v) is 6.83. The number of fused-ring (bicyclic) bond motifs is 1. The van der Waals surface area contributed by atoms with Crippen molar-refractivity contribution in [3.05, 3.63) is 47.5 Å². The van der Waals surface area contributed by atoms with Crippen molar-refractivity contribution in [2.75, 3.05) is 0 Å². The molecule has 3 aromatic rings. The molecule has 158 valence electrons. The Hall–Kier alpha value is -2.54. The lowest BCUT2D eigenvalue weighted by Crippen LogP contribution is -2.28. The Morgan fingerprint density at radius 2 is 2.17 bits per heavy atom. The predicted molar refractivity (Wildman–Crippen MR) is 119 cm³/mol. The Morgan fingerprint density at radius 1 is 1.40 bits per heavy atom. The molecule has 1 amide bonds. The van der Waals surface area contributed by atoms with Crippen molar-refractivity contribution in [3.8, 4) is 10.7 Å². The first-order valence-corrected chi connectivity index (χ1v) is 11.2. The molecule has 1 aliphatic rings. The van der Waals surface area contributed by atoms with Crippen molar-refractivity contribution in [2.24, 2.45) is 5.92 Å². The molecule has 1 fully saturated rings. The summed E-state index contributed by atoms with van der Waals surface area (Å²) in [7, 11) is 0. The number of hydrogen-bond donors (Lipinski definition) is 1. The third-order valence-electron chi connectivity index (χ3n) is 5.88. The highest BCUT2D eigenvalue weighted by Crippen LogP contribution is 2.34. The maximum Gasteiger partial charge on any atom is 0.223 e. The lowest BCUT2D eigenvalue weighted by atomic mass is 10.1. The molecule has 0 unspecified atom stereocenters. The zero-order valence-corrected chi connectivity index (χ0v) is 18.3. The number of hydrogen-bond acceptors (Lipinski definition) is 4. The van der Waals surface area contributed by atoms with Crippen LogP contribution in [-0.4, -0.2) is 26.3 Å². The average Bonchev–Trinajstić information content (AvgIpc) is 3.47. The van der Waals surface area contributed by atoms with E-state index in [2.05, 4.69) is 22.1 Å². The predicted octanol–water partition coefficient (Wildman–Crippen LogP) is 5.19. The first-order chi connectivity index (χ1) is 14.4. The summed E-state index contributed by atoms with van der Waals surface area (Å²) in [6.45, 7) is 7.72. The minimum Gasteiger partial charge on any atom is -0.349 e. The molecule has 5 nitrogen and oxygen atoms in total. The molecule has 0 aliphatic heterocycles. The number of alkyl halides is 1. The van der Waals surface area contributed by atoms with Crippen LogP contribution < -0.4 is 5.32 Å². The molecule has 1 aromatic carbocycles. The van der Waals surface area contributed by atoms with Crippen molar-refractivity contribution >= 4 is 28.1 Å². The number of amides is 1. The molecule has 2 heterocycles. The number of nitrogens with one attached hydrogen (secondary N) is 1. The largest absolute Gasteiger partial charge is 0.349 e. The molecule has 0 radical (unpaired) electrons. The second-order valence-corrected chi connectivity index (χ2v) is 9.37. The number of aryl methyl sites for hydroxylation is 1. The van der Waals surface area contributed by atoms with Crippen molar-refractivity contribution in [1.29, 1.82) is 0 Å². The van der Waals surface area contributed by atoms with Gasteiger partial charge >= 0.3 is 0 Å². The minimum atomic E-state index is -1.55. The van der Waals surface area contributed by atoms with Crippen LogP contribution in [0.4, 0.5) is 4.39 Å². The fraction of sp³-hybridized carbons (Fsp3) is 0.435. The standard InChI is InChI=1S/C23H27FN4OS/c1-4-23(3,24)14-28-18-11-7-8-15(2)17(18)12-19(28)22-27-26-20(30-22)13-25-21(29)16-9-5-6-10-16/h4,7-8,11-12,16H,1,5-6,9-10,13-14H2,2-3H3,(H,25,29)/t23-/m0/s1. The highest BCUT2D eigenvalue weighted by atomic mass is 32.1. The summed E-state index contributed by atoms with van der Waals surface area (Å²) in [5, 5.41) is 14.1.